The number of benzene rings is 8. The van der Waals surface area contributed by atoms with Crippen molar-refractivity contribution in [3.8, 4) is 67.9 Å². The highest BCUT2D eigenvalue weighted by molar-refractivity contribution is 6.14. The summed E-state index contributed by atoms with van der Waals surface area (Å²) in [6.45, 7) is 0. The summed E-state index contributed by atoms with van der Waals surface area (Å²) in [7, 11) is 0. The van der Waals surface area contributed by atoms with Crippen molar-refractivity contribution in [3.05, 3.63) is 182 Å². The Kier molecular flexibility index (Phi) is 7.38. The molecule has 3 aromatic heterocycles. The van der Waals surface area contributed by atoms with Crippen molar-refractivity contribution in [2.24, 2.45) is 0 Å². The van der Waals surface area contributed by atoms with Crippen LogP contribution in [-0.2, 0) is 0 Å². The molecule has 0 saturated carbocycles. The van der Waals surface area contributed by atoms with Crippen LogP contribution in [0.4, 0.5) is 0 Å². The lowest BCUT2D eigenvalue weighted by Gasteiger charge is -2.13. The van der Waals surface area contributed by atoms with Gasteiger partial charge in [0, 0.05) is 33.0 Å². The average molecular weight is 719 g/mol. The smallest absolute Gasteiger partial charge is 0.227 e. The fourth-order valence-electron chi connectivity index (χ4n) is 7.64. The highest BCUT2D eigenvalue weighted by Gasteiger charge is 2.18. The van der Waals surface area contributed by atoms with Crippen LogP contribution in [-0.4, -0.2) is 19.9 Å². The van der Waals surface area contributed by atoms with Crippen LogP contribution in [0.2, 0.25) is 0 Å². The maximum absolute atomic E-state index is 6.56. The van der Waals surface area contributed by atoms with Crippen LogP contribution >= 0.6 is 0 Å². The van der Waals surface area contributed by atoms with E-state index in [1.807, 2.05) is 97.1 Å². The minimum absolute atomic E-state index is 0.579. The van der Waals surface area contributed by atoms with E-state index in [9.17, 15) is 0 Å². The molecular weight excluding hydrogens is 689 g/mol. The second kappa shape index (κ2) is 13.0. The minimum Gasteiger partial charge on any atom is -0.454 e. The molecule has 0 aliphatic carbocycles. The van der Waals surface area contributed by atoms with E-state index in [1.165, 1.54) is 0 Å². The molecule has 262 valence electrons. The molecule has 0 amide bonds. The van der Waals surface area contributed by atoms with Gasteiger partial charge in [-0.25, -0.2) is 19.9 Å². The second-order valence-corrected chi connectivity index (χ2v) is 13.8. The lowest BCUT2D eigenvalue weighted by atomic mass is 9.91. The molecule has 11 aromatic rings. The van der Waals surface area contributed by atoms with Crippen molar-refractivity contribution in [1.29, 1.82) is 0 Å². The fourth-order valence-corrected chi connectivity index (χ4v) is 7.64. The number of rotatable bonds is 6. The minimum atomic E-state index is 0.579. The fraction of sp³-hybridized carbons (Fsp3) is 0. The molecule has 8 aromatic carbocycles. The molecular formula is C50H30N4O2. The van der Waals surface area contributed by atoms with Crippen molar-refractivity contribution < 1.29 is 8.83 Å². The molecule has 0 fully saturated rings. The van der Waals surface area contributed by atoms with Crippen LogP contribution in [0.15, 0.2) is 191 Å². The van der Waals surface area contributed by atoms with Gasteiger partial charge in [-0.1, -0.05) is 146 Å². The predicted molar refractivity (Wildman–Crippen MR) is 225 cm³/mol. The molecule has 6 nitrogen and oxygen atoms in total. The van der Waals surface area contributed by atoms with Gasteiger partial charge in [0.25, 0.3) is 0 Å². The van der Waals surface area contributed by atoms with E-state index >= 15 is 0 Å². The van der Waals surface area contributed by atoms with Gasteiger partial charge in [-0.15, -0.1) is 0 Å². The van der Waals surface area contributed by atoms with Crippen LogP contribution < -0.4 is 0 Å². The number of fused-ring (bicyclic) bond motifs is 6. The summed E-state index contributed by atoms with van der Waals surface area (Å²) in [4.78, 5) is 19.5. The molecule has 0 saturated heterocycles. The highest BCUT2D eigenvalue weighted by Crippen LogP contribution is 2.40. The van der Waals surface area contributed by atoms with Gasteiger partial charge in [0.2, 0.25) is 5.89 Å². The van der Waals surface area contributed by atoms with Gasteiger partial charge in [-0.05, 0) is 69.4 Å². The van der Waals surface area contributed by atoms with E-state index in [2.05, 4.69) is 84.9 Å². The van der Waals surface area contributed by atoms with Gasteiger partial charge >= 0.3 is 0 Å². The van der Waals surface area contributed by atoms with Crippen LogP contribution in [0.5, 0.6) is 0 Å². The third-order valence-corrected chi connectivity index (χ3v) is 10.4. The van der Waals surface area contributed by atoms with Crippen molar-refractivity contribution in [1.82, 2.24) is 19.9 Å². The molecule has 0 radical (unpaired) electrons. The van der Waals surface area contributed by atoms with Crippen LogP contribution in [0.25, 0.3) is 112 Å². The van der Waals surface area contributed by atoms with E-state index in [-0.39, 0.29) is 0 Å². The molecule has 0 unspecified atom stereocenters. The summed E-state index contributed by atoms with van der Waals surface area (Å²) in [5.41, 5.74) is 11.2. The summed E-state index contributed by atoms with van der Waals surface area (Å²) in [6.07, 6.45) is 0. The molecule has 11 rings (SSSR count). The molecule has 3 heterocycles. The average Bonchev–Trinajstić information content (AvgIpc) is 3.89. The first-order chi connectivity index (χ1) is 27.7. The quantitative estimate of drug-likeness (QED) is 0.170. The van der Waals surface area contributed by atoms with Crippen LogP contribution in [0.3, 0.4) is 0 Å². The van der Waals surface area contributed by atoms with Crippen molar-refractivity contribution in [2.45, 2.75) is 0 Å². The third kappa shape index (κ3) is 5.43. The maximum Gasteiger partial charge on any atom is 0.227 e. The topological polar surface area (TPSA) is 77.8 Å². The second-order valence-electron chi connectivity index (χ2n) is 13.8. The maximum atomic E-state index is 6.56. The molecule has 0 aliphatic heterocycles. The molecule has 6 heteroatoms. The lowest BCUT2D eigenvalue weighted by molar-refractivity contribution is 0.620. The van der Waals surface area contributed by atoms with Gasteiger partial charge < -0.3 is 8.83 Å². The normalized spacial score (nSPS) is 11.6. The predicted octanol–water partition coefficient (Wildman–Crippen LogP) is 13.1. The number of hydrogen-bond donors (Lipinski definition) is 0. The van der Waals surface area contributed by atoms with Crippen molar-refractivity contribution in [3.63, 3.8) is 0 Å². The summed E-state index contributed by atoms with van der Waals surface area (Å²) >= 11 is 0. The van der Waals surface area contributed by atoms with Crippen molar-refractivity contribution >= 4 is 43.8 Å². The number of hydrogen-bond acceptors (Lipinski definition) is 6. The lowest BCUT2D eigenvalue weighted by Crippen LogP contribution is -2.00. The molecule has 56 heavy (non-hydrogen) atoms. The Morgan fingerprint density at radius 3 is 1.39 bits per heavy atom. The Bertz CT molecular complexity index is 3170. The Morgan fingerprint density at radius 2 is 0.786 bits per heavy atom. The molecule has 0 aliphatic rings. The summed E-state index contributed by atoms with van der Waals surface area (Å²) < 4.78 is 12.7. The van der Waals surface area contributed by atoms with Gasteiger partial charge in [0.05, 0.1) is 0 Å². The first-order valence-electron chi connectivity index (χ1n) is 18.5. The molecule has 0 bridgehead atoms. The summed E-state index contributed by atoms with van der Waals surface area (Å²) in [5, 5.41) is 4.38. The monoisotopic (exact) mass is 718 g/mol. The first kappa shape index (κ1) is 31.8. The van der Waals surface area contributed by atoms with Gasteiger partial charge in [-0.2, -0.15) is 0 Å². The van der Waals surface area contributed by atoms with Gasteiger partial charge in [0.1, 0.15) is 5.58 Å². The molecule has 0 spiro atoms. The van der Waals surface area contributed by atoms with Crippen molar-refractivity contribution in [2.75, 3.05) is 0 Å². The zero-order valence-electron chi connectivity index (χ0n) is 29.9. The summed E-state index contributed by atoms with van der Waals surface area (Å²) in [6, 6.07) is 62.0. The third-order valence-electron chi connectivity index (χ3n) is 10.4. The number of furan rings is 1. The van der Waals surface area contributed by atoms with Gasteiger partial charge in [-0.3, -0.25) is 0 Å². The molecule has 0 atom stereocenters. The Labute approximate surface area is 321 Å². The number of aromatic nitrogens is 4. The van der Waals surface area contributed by atoms with E-state index in [1.54, 1.807) is 0 Å². The van der Waals surface area contributed by atoms with Gasteiger partial charge in [0.15, 0.2) is 34.2 Å². The Balaban J connectivity index is 0.963. The van der Waals surface area contributed by atoms with E-state index < -0.39 is 0 Å². The van der Waals surface area contributed by atoms with E-state index in [0.29, 0.717) is 28.9 Å². The summed E-state index contributed by atoms with van der Waals surface area (Å²) in [5.74, 6) is 2.50. The highest BCUT2D eigenvalue weighted by atomic mass is 16.4. The zero-order valence-corrected chi connectivity index (χ0v) is 29.9. The molecule has 0 N–H and O–H groups in total. The Hall–Kier alpha value is -7.70. The SMILES string of the molecule is c1ccc(-c2nc(-c3ccccc3)nc(-c3ccc(-c4ccc(-c5ccc6c(c5)oc5c6ccc6oc(-c7ccccc7)nc65)c5ccccc45)cc3)n2)cc1. The number of nitrogens with zero attached hydrogens (tertiary/aromatic N) is 4. The number of oxazole rings is 1. The first-order valence-corrected chi connectivity index (χ1v) is 18.5. The standard InChI is InChI=1S/C50H30N4O2/c1-4-12-32(13-5-1)47-52-48(33-14-6-2-7-15-33)54-49(53-47)34-22-20-31(21-23-34)37-26-27-38(40-19-11-10-18-39(37)40)36-24-25-41-42-28-29-43-45(46(42)55-44(41)30-36)51-50(56-43)35-16-8-3-9-17-35/h1-30H. The van der Waals surface area contributed by atoms with Crippen LogP contribution in [0.1, 0.15) is 0 Å². The largest absolute Gasteiger partial charge is 0.454 e. The zero-order chi connectivity index (χ0) is 37.0. The van der Waals surface area contributed by atoms with E-state index in [0.717, 1.165) is 82.7 Å². The van der Waals surface area contributed by atoms with Crippen LogP contribution in [0, 0.1) is 0 Å². The Morgan fingerprint density at radius 1 is 0.304 bits per heavy atom. The van der Waals surface area contributed by atoms with E-state index in [4.69, 9.17) is 28.8 Å².